The van der Waals surface area contributed by atoms with Crippen LogP contribution in [0.25, 0.3) is 10.9 Å². The highest BCUT2D eigenvalue weighted by Crippen LogP contribution is 2.31. The number of carbonyl (C=O) groups excluding carboxylic acids is 1. The molecule has 0 unspecified atom stereocenters. The molecule has 1 saturated heterocycles. The molecule has 1 aliphatic rings. The Morgan fingerprint density at radius 1 is 1.16 bits per heavy atom. The van der Waals surface area contributed by atoms with Gasteiger partial charge in [0.25, 0.3) is 11.5 Å². The lowest BCUT2D eigenvalue weighted by Crippen LogP contribution is -2.39. The summed E-state index contributed by atoms with van der Waals surface area (Å²) in [7, 11) is -0.483. The number of hydrogen-bond donors (Lipinski definition) is 2. The quantitative estimate of drug-likeness (QED) is 0.278. The molecule has 1 amide bonds. The van der Waals surface area contributed by atoms with Gasteiger partial charge in [0, 0.05) is 31.8 Å². The lowest BCUT2D eigenvalue weighted by Gasteiger charge is -2.34. The summed E-state index contributed by atoms with van der Waals surface area (Å²) >= 11 is 6.03. The van der Waals surface area contributed by atoms with Crippen molar-refractivity contribution in [2.75, 3.05) is 36.7 Å². The predicted octanol–water partition coefficient (Wildman–Crippen LogP) is 3.20. The van der Waals surface area contributed by atoms with Crippen molar-refractivity contribution < 1.29 is 17.9 Å². The standard InChI is InChI=1S/C28H33ClN8O5S/c1-16-14-19(17(2)31-21-6-7-22(29)32-25(21)26(38)34-43(5,40)41)24-20(15-16)27(39)35(3)28(33-24)36-12-9-18(10-13-36)37-23(42-4)8-11-30-37/h6-8,11,14-15,17-18,31H,9-10,12-13H2,1-5H3,(H,34,38)/t17-/m1/s1. The molecule has 0 radical (unpaired) electrons. The summed E-state index contributed by atoms with van der Waals surface area (Å²) in [6.07, 6.45) is 4.20. The van der Waals surface area contributed by atoms with Gasteiger partial charge < -0.3 is 15.0 Å². The first-order chi connectivity index (χ1) is 20.4. The molecule has 0 bridgehead atoms. The number of sulfonamides is 1. The smallest absolute Gasteiger partial charge is 0.285 e. The Labute approximate surface area is 253 Å². The van der Waals surface area contributed by atoms with Gasteiger partial charge in [-0.1, -0.05) is 17.7 Å². The number of carbonyl (C=O) groups is 1. The molecule has 4 heterocycles. The molecule has 43 heavy (non-hydrogen) atoms. The fourth-order valence-electron chi connectivity index (χ4n) is 5.46. The van der Waals surface area contributed by atoms with Crippen LogP contribution in [0.3, 0.4) is 0 Å². The summed E-state index contributed by atoms with van der Waals surface area (Å²) in [5.41, 5.74) is 2.05. The maximum atomic E-state index is 13.6. The maximum Gasteiger partial charge on any atom is 0.285 e. The van der Waals surface area contributed by atoms with Gasteiger partial charge in [0.1, 0.15) is 5.15 Å². The highest BCUT2D eigenvalue weighted by Gasteiger charge is 2.27. The Balaban J connectivity index is 1.48. The number of nitrogens with one attached hydrogen (secondary N) is 2. The van der Waals surface area contributed by atoms with Crippen LogP contribution in [0.1, 0.15) is 53.5 Å². The third-order valence-corrected chi connectivity index (χ3v) is 8.23. The number of ether oxygens (including phenoxy) is 1. The largest absolute Gasteiger partial charge is 0.481 e. The Kier molecular flexibility index (Phi) is 8.34. The van der Waals surface area contributed by atoms with Crippen LogP contribution in [0.5, 0.6) is 5.88 Å². The number of fused-ring (bicyclic) bond motifs is 1. The molecule has 4 aromatic rings. The number of benzene rings is 1. The second-order valence-corrected chi connectivity index (χ2v) is 12.8. The minimum atomic E-state index is -3.83. The Bertz CT molecular complexity index is 1860. The van der Waals surface area contributed by atoms with Gasteiger partial charge in [0.2, 0.25) is 21.9 Å². The number of anilines is 2. The van der Waals surface area contributed by atoms with E-state index in [1.165, 1.54) is 6.07 Å². The van der Waals surface area contributed by atoms with Gasteiger partial charge in [0.05, 0.1) is 48.2 Å². The van der Waals surface area contributed by atoms with Crippen molar-refractivity contribution in [3.63, 3.8) is 0 Å². The van der Waals surface area contributed by atoms with Crippen LogP contribution in [0, 0.1) is 6.92 Å². The second-order valence-electron chi connectivity index (χ2n) is 10.7. The zero-order valence-corrected chi connectivity index (χ0v) is 26.0. The van der Waals surface area contributed by atoms with E-state index in [4.69, 9.17) is 21.3 Å². The highest BCUT2D eigenvalue weighted by atomic mass is 35.5. The Morgan fingerprint density at radius 2 is 1.88 bits per heavy atom. The first-order valence-corrected chi connectivity index (χ1v) is 15.9. The average molecular weight is 629 g/mol. The third-order valence-electron chi connectivity index (χ3n) is 7.46. The molecule has 1 aromatic carbocycles. The number of pyridine rings is 1. The number of aryl methyl sites for hydroxylation is 1. The molecule has 2 N–H and O–H groups in total. The van der Waals surface area contributed by atoms with Gasteiger partial charge in [-0.2, -0.15) is 5.10 Å². The summed E-state index contributed by atoms with van der Waals surface area (Å²) in [5, 5.41) is 8.17. The monoisotopic (exact) mass is 628 g/mol. The SMILES string of the molecule is COc1ccnn1C1CCN(c2nc3c([C@@H](C)Nc4ccc(Cl)nc4C(=O)NS(C)(=O)=O)cc(C)cc3c(=O)n2C)CC1. The number of piperidine rings is 1. The van der Waals surface area contributed by atoms with Crippen LogP contribution in [-0.4, -0.2) is 65.1 Å². The normalized spacial score (nSPS) is 15.0. The average Bonchev–Trinajstić information content (AvgIpc) is 3.44. The molecule has 0 aliphatic carbocycles. The van der Waals surface area contributed by atoms with E-state index in [9.17, 15) is 18.0 Å². The zero-order chi connectivity index (χ0) is 31.1. The van der Waals surface area contributed by atoms with Crippen LogP contribution in [-0.2, 0) is 17.1 Å². The summed E-state index contributed by atoms with van der Waals surface area (Å²) in [6.45, 7) is 5.10. The van der Waals surface area contributed by atoms with Crippen LogP contribution < -0.4 is 25.2 Å². The number of aromatic nitrogens is 5. The fraction of sp³-hybridized carbons (Fsp3) is 0.393. The van der Waals surface area contributed by atoms with Crippen LogP contribution in [0.4, 0.5) is 11.6 Å². The topological polar surface area (TPSA) is 153 Å². The maximum absolute atomic E-state index is 13.6. The molecule has 13 nitrogen and oxygen atoms in total. The number of hydrogen-bond acceptors (Lipinski definition) is 10. The fourth-order valence-corrected chi connectivity index (χ4v) is 6.04. The minimum Gasteiger partial charge on any atom is -0.481 e. The molecule has 228 valence electrons. The molecular formula is C28H33ClN8O5S. The van der Waals surface area contributed by atoms with E-state index in [-0.39, 0.29) is 28.1 Å². The number of nitrogens with zero attached hydrogens (tertiary/aromatic N) is 6. The Hall–Kier alpha value is -4.17. The molecule has 5 rings (SSSR count). The van der Waals surface area contributed by atoms with Crippen molar-refractivity contribution in [3.05, 3.63) is 68.9 Å². The minimum absolute atomic E-state index is 0.0300. The summed E-state index contributed by atoms with van der Waals surface area (Å²) in [4.78, 5) is 37.5. The van der Waals surface area contributed by atoms with E-state index in [1.807, 2.05) is 41.5 Å². The second kappa shape index (κ2) is 11.8. The van der Waals surface area contributed by atoms with Gasteiger partial charge in [-0.05, 0) is 50.5 Å². The molecule has 1 aliphatic heterocycles. The van der Waals surface area contributed by atoms with E-state index in [2.05, 4.69) is 20.3 Å². The predicted molar refractivity (Wildman–Crippen MR) is 165 cm³/mol. The van der Waals surface area contributed by atoms with Crippen molar-refractivity contribution in [1.29, 1.82) is 0 Å². The van der Waals surface area contributed by atoms with Crippen LogP contribution in [0.2, 0.25) is 5.15 Å². The van der Waals surface area contributed by atoms with Gasteiger partial charge >= 0.3 is 0 Å². The van der Waals surface area contributed by atoms with Crippen LogP contribution >= 0.6 is 11.6 Å². The van der Waals surface area contributed by atoms with E-state index < -0.39 is 22.0 Å². The lowest BCUT2D eigenvalue weighted by molar-refractivity contribution is 0.0977. The Morgan fingerprint density at radius 3 is 2.56 bits per heavy atom. The van der Waals surface area contributed by atoms with Crippen molar-refractivity contribution in [3.8, 4) is 5.88 Å². The lowest BCUT2D eigenvalue weighted by atomic mass is 10.0. The number of rotatable bonds is 8. The van der Waals surface area contributed by atoms with Crippen molar-refractivity contribution in [1.82, 2.24) is 29.0 Å². The third kappa shape index (κ3) is 6.30. The molecule has 15 heteroatoms. The van der Waals surface area contributed by atoms with Gasteiger partial charge in [-0.15, -0.1) is 0 Å². The number of amides is 1. The van der Waals surface area contributed by atoms with Gasteiger partial charge in [-0.25, -0.2) is 27.8 Å². The molecule has 0 spiro atoms. The summed E-state index contributed by atoms with van der Waals surface area (Å²) in [6, 6.07) is 8.35. The van der Waals surface area contributed by atoms with E-state index in [0.29, 0.717) is 35.8 Å². The van der Waals surface area contributed by atoms with E-state index in [0.717, 1.165) is 30.2 Å². The number of halogens is 1. The molecule has 1 atom stereocenters. The van der Waals surface area contributed by atoms with Gasteiger partial charge in [0.15, 0.2) is 5.69 Å². The van der Waals surface area contributed by atoms with Crippen molar-refractivity contribution >= 4 is 50.1 Å². The highest BCUT2D eigenvalue weighted by molar-refractivity contribution is 7.89. The number of methoxy groups -OCH3 is 1. The molecule has 0 saturated carbocycles. The van der Waals surface area contributed by atoms with Crippen molar-refractivity contribution in [2.24, 2.45) is 7.05 Å². The molecule has 3 aromatic heterocycles. The van der Waals surface area contributed by atoms with E-state index in [1.54, 1.807) is 31.0 Å². The summed E-state index contributed by atoms with van der Waals surface area (Å²) < 4.78 is 34.2. The van der Waals surface area contributed by atoms with E-state index >= 15 is 0 Å². The van der Waals surface area contributed by atoms with Crippen LogP contribution in [0.15, 0.2) is 41.3 Å². The summed E-state index contributed by atoms with van der Waals surface area (Å²) in [5.74, 6) is 0.352. The zero-order valence-electron chi connectivity index (χ0n) is 24.5. The molecule has 1 fully saturated rings. The first kappa shape index (κ1) is 30.3. The van der Waals surface area contributed by atoms with Crippen molar-refractivity contribution in [2.45, 2.75) is 38.8 Å². The first-order valence-electron chi connectivity index (χ1n) is 13.6. The van der Waals surface area contributed by atoms with Gasteiger partial charge in [-0.3, -0.25) is 14.2 Å². The molecular weight excluding hydrogens is 596 g/mol.